The fourth-order valence-electron chi connectivity index (χ4n) is 1.96. The van der Waals surface area contributed by atoms with Crippen molar-refractivity contribution in [1.29, 1.82) is 0 Å². The Morgan fingerprint density at radius 1 is 1.26 bits per heavy atom. The van der Waals surface area contributed by atoms with Crippen molar-refractivity contribution in [2.75, 3.05) is 13.6 Å². The molecule has 0 spiro atoms. The third-order valence-electron chi connectivity index (χ3n) is 3.62. The van der Waals surface area contributed by atoms with Crippen molar-refractivity contribution in [1.82, 2.24) is 10.6 Å². The zero-order valence-electron chi connectivity index (χ0n) is 11.0. The molecule has 1 aromatic rings. The Balaban J connectivity index is 1.90. The zero-order chi connectivity index (χ0) is 13.9. The van der Waals surface area contributed by atoms with Crippen LogP contribution in [0, 0.1) is 5.41 Å². The van der Waals surface area contributed by atoms with Gasteiger partial charge in [0.15, 0.2) is 0 Å². The number of hydrogen-bond donors (Lipinski definition) is 3. The molecule has 0 saturated heterocycles. The molecule has 1 aliphatic rings. The first kappa shape index (κ1) is 13.5. The van der Waals surface area contributed by atoms with E-state index in [1.54, 1.807) is 19.2 Å². The number of benzene rings is 1. The van der Waals surface area contributed by atoms with Crippen molar-refractivity contribution >= 4 is 11.8 Å². The predicted octanol–water partition coefficient (Wildman–Crippen LogP) is 0.401. The predicted molar refractivity (Wildman–Crippen MR) is 72.4 cm³/mol. The maximum atomic E-state index is 11.9. The molecule has 0 unspecified atom stereocenters. The molecular weight excluding hydrogens is 242 g/mol. The van der Waals surface area contributed by atoms with Gasteiger partial charge < -0.3 is 16.4 Å². The second kappa shape index (κ2) is 5.40. The Morgan fingerprint density at radius 2 is 1.89 bits per heavy atom. The summed E-state index contributed by atoms with van der Waals surface area (Å²) in [6, 6.07) is 7.17. The van der Waals surface area contributed by atoms with Crippen molar-refractivity contribution in [2.24, 2.45) is 11.1 Å². The Kier molecular flexibility index (Phi) is 3.85. The van der Waals surface area contributed by atoms with Crippen LogP contribution in [0.1, 0.15) is 28.8 Å². The highest BCUT2D eigenvalue weighted by Gasteiger charge is 2.48. The highest BCUT2D eigenvalue weighted by molar-refractivity contribution is 5.94. The van der Waals surface area contributed by atoms with E-state index < -0.39 is 0 Å². The van der Waals surface area contributed by atoms with Gasteiger partial charge in [0.2, 0.25) is 5.91 Å². The van der Waals surface area contributed by atoms with Crippen LogP contribution >= 0.6 is 0 Å². The normalized spacial score (nSPS) is 15.7. The van der Waals surface area contributed by atoms with Gasteiger partial charge in [0.05, 0.1) is 5.41 Å². The molecule has 0 radical (unpaired) electrons. The largest absolute Gasteiger partial charge is 0.355 e. The lowest BCUT2D eigenvalue weighted by Gasteiger charge is -2.12. The van der Waals surface area contributed by atoms with Gasteiger partial charge in [0.25, 0.3) is 5.91 Å². The van der Waals surface area contributed by atoms with Gasteiger partial charge in [-0.3, -0.25) is 9.59 Å². The fraction of sp³-hybridized carbons (Fsp3) is 0.429. The highest BCUT2D eigenvalue weighted by atomic mass is 16.2. The molecule has 0 bridgehead atoms. The Hall–Kier alpha value is -1.88. The minimum absolute atomic E-state index is 0.0328. The molecule has 2 amide bonds. The van der Waals surface area contributed by atoms with Gasteiger partial charge in [0.1, 0.15) is 0 Å². The molecule has 1 aromatic carbocycles. The molecular formula is C14H19N3O2. The molecule has 4 N–H and O–H groups in total. The van der Waals surface area contributed by atoms with Gasteiger partial charge in [-0.15, -0.1) is 0 Å². The van der Waals surface area contributed by atoms with Gasteiger partial charge in [-0.1, -0.05) is 12.1 Å². The number of nitrogens with two attached hydrogens (primary N) is 1. The Labute approximate surface area is 112 Å². The molecule has 1 fully saturated rings. The van der Waals surface area contributed by atoms with Crippen molar-refractivity contribution in [3.8, 4) is 0 Å². The van der Waals surface area contributed by atoms with Crippen LogP contribution in [-0.2, 0) is 11.3 Å². The van der Waals surface area contributed by atoms with Crippen LogP contribution in [0.15, 0.2) is 24.3 Å². The molecule has 0 aliphatic heterocycles. The van der Waals surface area contributed by atoms with Crippen LogP contribution in [0.5, 0.6) is 0 Å². The first-order valence-corrected chi connectivity index (χ1v) is 6.41. The Bertz CT molecular complexity index is 478. The van der Waals surface area contributed by atoms with E-state index in [-0.39, 0.29) is 17.2 Å². The van der Waals surface area contributed by atoms with Gasteiger partial charge in [0, 0.05) is 25.7 Å². The van der Waals surface area contributed by atoms with Crippen LogP contribution in [-0.4, -0.2) is 25.4 Å². The number of nitrogens with one attached hydrogen (secondary N) is 2. The minimum atomic E-state index is -0.317. The summed E-state index contributed by atoms with van der Waals surface area (Å²) in [4.78, 5) is 23.3. The first-order valence-electron chi connectivity index (χ1n) is 6.41. The topological polar surface area (TPSA) is 84.2 Å². The van der Waals surface area contributed by atoms with Gasteiger partial charge >= 0.3 is 0 Å². The lowest BCUT2D eigenvalue weighted by atomic mass is 10.1. The Morgan fingerprint density at radius 3 is 2.37 bits per heavy atom. The summed E-state index contributed by atoms with van der Waals surface area (Å²) in [5.74, 6) is -0.0824. The van der Waals surface area contributed by atoms with Gasteiger partial charge in [-0.25, -0.2) is 0 Å². The molecule has 1 aliphatic carbocycles. The molecule has 5 heteroatoms. The van der Waals surface area contributed by atoms with Gasteiger partial charge in [-0.05, 0) is 30.5 Å². The quantitative estimate of drug-likeness (QED) is 0.717. The van der Waals surface area contributed by atoms with Crippen LogP contribution in [0.2, 0.25) is 0 Å². The maximum Gasteiger partial charge on any atom is 0.251 e. The molecule has 0 aromatic heterocycles. The van der Waals surface area contributed by atoms with E-state index >= 15 is 0 Å². The zero-order valence-corrected chi connectivity index (χ0v) is 11.0. The molecule has 1 saturated carbocycles. The molecule has 0 atom stereocenters. The average molecular weight is 261 g/mol. The van der Waals surface area contributed by atoms with Crippen LogP contribution in [0.4, 0.5) is 0 Å². The summed E-state index contributed by atoms with van der Waals surface area (Å²) < 4.78 is 0. The number of carbonyl (C=O) groups excluding carboxylic acids is 2. The molecule has 5 nitrogen and oxygen atoms in total. The number of carbonyl (C=O) groups is 2. The summed E-state index contributed by atoms with van der Waals surface area (Å²) in [5, 5.41) is 5.46. The smallest absolute Gasteiger partial charge is 0.251 e. The number of amides is 2. The summed E-state index contributed by atoms with van der Waals surface area (Å²) in [5.41, 5.74) is 6.86. The summed E-state index contributed by atoms with van der Waals surface area (Å²) in [6.07, 6.45) is 1.76. The maximum absolute atomic E-state index is 11.9. The van der Waals surface area contributed by atoms with E-state index in [1.165, 1.54) is 0 Å². The van der Waals surface area contributed by atoms with Crippen molar-refractivity contribution < 1.29 is 9.59 Å². The summed E-state index contributed by atoms with van der Waals surface area (Å²) in [7, 11) is 1.60. The first-order chi connectivity index (χ1) is 9.11. The summed E-state index contributed by atoms with van der Waals surface area (Å²) in [6.45, 7) is 0.878. The van der Waals surface area contributed by atoms with E-state index in [2.05, 4.69) is 10.6 Å². The third-order valence-corrected chi connectivity index (χ3v) is 3.62. The van der Waals surface area contributed by atoms with Crippen molar-refractivity contribution in [3.05, 3.63) is 35.4 Å². The van der Waals surface area contributed by atoms with E-state index in [9.17, 15) is 9.59 Å². The lowest BCUT2D eigenvalue weighted by molar-refractivity contribution is -0.126. The second-order valence-electron chi connectivity index (χ2n) is 4.94. The standard InChI is InChI=1S/C14H19N3O2/c1-16-12(18)11-4-2-10(3-5-11)8-17-13(19)14(9-15)6-7-14/h2-5H,6-9,15H2,1H3,(H,16,18)(H,17,19). The molecule has 19 heavy (non-hydrogen) atoms. The van der Waals surface area contributed by atoms with Gasteiger partial charge in [-0.2, -0.15) is 0 Å². The van der Waals surface area contributed by atoms with Crippen molar-refractivity contribution in [3.63, 3.8) is 0 Å². The monoisotopic (exact) mass is 261 g/mol. The average Bonchev–Trinajstić information content (AvgIpc) is 3.25. The van der Waals surface area contributed by atoms with Crippen LogP contribution in [0.25, 0.3) is 0 Å². The summed E-state index contributed by atoms with van der Waals surface area (Å²) >= 11 is 0. The van der Waals surface area contributed by atoms with Crippen LogP contribution in [0.3, 0.4) is 0 Å². The van der Waals surface area contributed by atoms with E-state index in [0.29, 0.717) is 18.7 Å². The van der Waals surface area contributed by atoms with Crippen LogP contribution < -0.4 is 16.4 Å². The number of hydrogen-bond acceptors (Lipinski definition) is 3. The number of rotatable bonds is 5. The highest BCUT2D eigenvalue weighted by Crippen LogP contribution is 2.44. The third kappa shape index (κ3) is 2.93. The fourth-order valence-corrected chi connectivity index (χ4v) is 1.96. The van der Waals surface area contributed by atoms with Crippen molar-refractivity contribution in [2.45, 2.75) is 19.4 Å². The minimum Gasteiger partial charge on any atom is -0.355 e. The molecule has 102 valence electrons. The second-order valence-corrected chi connectivity index (χ2v) is 4.94. The lowest BCUT2D eigenvalue weighted by Crippen LogP contribution is -2.36. The molecule has 2 rings (SSSR count). The SMILES string of the molecule is CNC(=O)c1ccc(CNC(=O)C2(CN)CC2)cc1. The van der Waals surface area contributed by atoms with E-state index in [4.69, 9.17) is 5.73 Å². The molecule has 0 heterocycles. The van der Waals surface area contributed by atoms with E-state index in [0.717, 1.165) is 18.4 Å². The van der Waals surface area contributed by atoms with E-state index in [1.807, 2.05) is 12.1 Å².